The number of hydrogen-bond acceptors (Lipinski definition) is 6. The van der Waals surface area contributed by atoms with E-state index in [4.69, 9.17) is 9.47 Å². The van der Waals surface area contributed by atoms with Crippen molar-refractivity contribution in [3.8, 4) is 11.5 Å². The molecule has 1 aromatic carbocycles. The Morgan fingerprint density at radius 1 is 1.19 bits per heavy atom. The highest BCUT2D eigenvalue weighted by Gasteiger charge is 2.38. The van der Waals surface area contributed by atoms with E-state index in [2.05, 4.69) is 10.9 Å². The molecule has 0 unspecified atom stereocenters. The Hall–Kier alpha value is -2.61. The molecular weight excluding hydrogens is 338 g/mol. The fourth-order valence-electron chi connectivity index (χ4n) is 2.58. The van der Waals surface area contributed by atoms with Crippen LogP contribution in [0.4, 0.5) is 0 Å². The molecular formula is C18H25N3O5. The predicted octanol–water partition coefficient (Wildman–Crippen LogP) is 1.11. The van der Waals surface area contributed by atoms with E-state index >= 15 is 0 Å². The number of ether oxygens (including phenoxy) is 2. The highest BCUT2D eigenvalue weighted by molar-refractivity contribution is 6.05. The summed E-state index contributed by atoms with van der Waals surface area (Å²) in [7, 11) is 2.98. The molecule has 1 aliphatic heterocycles. The van der Waals surface area contributed by atoms with Crippen LogP contribution in [0.15, 0.2) is 18.2 Å². The van der Waals surface area contributed by atoms with Crippen LogP contribution in [-0.4, -0.2) is 49.4 Å². The third-order valence-corrected chi connectivity index (χ3v) is 4.15. The lowest BCUT2D eigenvalue weighted by Gasteiger charge is -2.17. The van der Waals surface area contributed by atoms with Gasteiger partial charge in [-0.25, -0.2) is 5.43 Å². The van der Waals surface area contributed by atoms with Gasteiger partial charge in [-0.15, -0.1) is 0 Å². The Balaban J connectivity index is 1.97. The second-order valence-electron chi connectivity index (χ2n) is 6.52. The lowest BCUT2D eigenvalue weighted by atomic mass is 10.1. The van der Waals surface area contributed by atoms with Crippen molar-refractivity contribution >= 4 is 17.7 Å². The van der Waals surface area contributed by atoms with E-state index in [0.717, 1.165) is 6.42 Å². The van der Waals surface area contributed by atoms with Crippen LogP contribution in [0.3, 0.4) is 0 Å². The van der Waals surface area contributed by atoms with Crippen molar-refractivity contribution in [3.05, 3.63) is 23.8 Å². The molecule has 0 aromatic heterocycles. The first-order valence-electron chi connectivity index (χ1n) is 8.48. The van der Waals surface area contributed by atoms with Gasteiger partial charge < -0.3 is 9.47 Å². The van der Waals surface area contributed by atoms with Gasteiger partial charge in [-0.2, -0.15) is 0 Å². The summed E-state index contributed by atoms with van der Waals surface area (Å²) in [5.74, 6) is 0.334. The van der Waals surface area contributed by atoms with E-state index in [1.807, 2.05) is 13.8 Å². The van der Waals surface area contributed by atoms with E-state index in [1.165, 1.54) is 19.1 Å². The predicted molar refractivity (Wildman–Crippen MR) is 94.7 cm³/mol. The summed E-state index contributed by atoms with van der Waals surface area (Å²) in [5.41, 5.74) is 5.45. The summed E-state index contributed by atoms with van der Waals surface area (Å²) in [6, 6.07) is 3.99. The smallest absolute Gasteiger partial charge is 0.265 e. The monoisotopic (exact) mass is 363 g/mol. The first-order chi connectivity index (χ1) is 12.3. The Morgan fingerprint density at radius 2 is 1.81 bits per heavy atom. The van der Waals surface area contributed by atoms with Crippen LogP contribution in [0.2, 0.25) is 0 Å². The topological polar surface area (TPSA) is 97.0 Å². The molecule has 26 heavy (non-hydrogen) atoms. The first kappa shape index (κ1) is 19.7. The number of carbonyl (C=O) groups excluding carboxylic acids is 3. The van der Waals surface area contributed by atoms with Crippen LogP contribution >= 0.6 is 0 Å². The second kappa shape index (κ2) is 8.66. The van der Waals surface area contributed by atoms with Gasteiger partial charge in [0.2, 0.25) is 11.8 Å². The van der Waals surface area contributed by atoms with E-state index in [1.54, 1.807) is 18.2 Å². The average molecular weight is 363 g/mol. The number of likely N-dealkylation sites (tertiary alicyclic amines) is 1. The lowest BCUT2D eigenvalue weighted by molar-refractivity contribution is -0.139. The molecule has 8 nitrogen and oxygen atoms in total. The maximum atomic E-state index is 12.3. The van der Waals surface area contributed by atoms with Crippen molar-refractivity contribution in [2.75, 3.05) is 20.8 Å². The van der Waals surface area contributed by atoms with E-state index in [9.17, 15) is 14.4 Å². The maximum Gasteiger partial charge on any atom is 0.265 e. The zero-order valence-corrected chi connectivity index (χ0v) is 15.5. The fourth-order valence-corrected chi connectivity index (χ4v) is 2.58. The molecule has 0 radical (unpaired) electrons. The second-order valence-corrected chi connectivity index (χ2v) is 6.52. The van der Waals surface area contributed by atoms with Gasteiger partial charge in [0.05, 0.1) is 20.6 Å². The van der Waals surface area contributed by atoms with Crippen molar-refractivity contribution in [2.24, 2.45) is 5.92 Å². The summed E-state index contributed by atoms with van der Waals surface area (Å²) < 4.78 is 10.3. The number of rotatable bonds is 8. The van der Waals surface area contributed by atoms with Gasteiger partial charge in [0, 0.05) is 18.2 Å². The number of hydrogen-bond donors (Lipinski definition) is 2. The quantitative estimate of drug-likeness (QED) is 0.531. The van der Waals surface area contributed by atoms with Crippen molar-refractivity contribution in [3.63, 3.8) is 0 Å². The van der Waals surface area contributed by atoms with Crippen molar-refractivity contribution in [1.29, 1.82) is 0 Å². The number of imide groups is 1. The molecule has 1 fully saturated rings. The Bertz CT molecular complexity index is 667. The number of nitrogens with one attached hydrogen (secondary N) is 2. The molecule has 3 amide bonds. The van der Waals surface area contributed by atoms with Crippen LogP contribution in [0.5, 0.6) is 11.5 Å². The lowest BCUT2D eigenvalue weighted by Crippen LogP contribution is -2.48. The summed E-state index contributed by atoms with van der Waals surface area (Å²) in [5, 5.41) is 0. The number of hydrazine groups is 1. The Morgan fingerprint density at radius 3 is 2.35 bits per heavy atom. The molecule has 1 atom stereocenters. The molecule has 0 aliphatic carbocycles. The van der Waals surface area contributed by atoms with Gasteiger partial charge in [-0.05, 0) is 24.5 Å². The highest BCUT2D eigenvalue weighted by atomic mass is 16.5. The molecule has 0 bridgehead atoms. The minimum Gasteiger partial charge on any atom is -0.497 e. The molecule has 1 saturated heterocycles. The standard InChI is InChI=1S/C18H25N3O5/c1-11(2)5-6-21-16(22)10-15(18(21)24)19-20-17(23)12-7-13(25-3)9-14(8-12)26-4/h7-9,11,15,19H,5-6,10H2,1-4H3,(H,20,23)/t15-/m1/s1. The van der Waals surface area contributed by atoms with E-state index < -0.39 is 11.9 Å². The van der Waals surface area contributed by atoms with Crippen LogP contribution in [0, 0.1) is 5.92 Å². The number of amides is 3. The molecule has 0 saturated carbocycles. The first-order valence-corrected chi connectivity index (χ1v) is 8.48. The summed E-state index contributed by atoms with van der Waals surface area (Å²) in [6.45, 7) is 4.46. The molecule has 0 spiro atoms. The Kier molecular flexibility index (Phi) is 6.57. The average Bonchev–Trinajstić information content (AvgIpc) is 2.90. The molecule has 1 heterocycles. The zero-order chi connectivity index (χ0) is 19.3. The number of benzene rings is 1. The SMILES string of the molecule is COc1cc(OC)cc(C(=O)NN[C@@H]2CC(=O)N(CCC(C)C)C2=O)c1. The number of methoxy groups -OCH3 is 2. The fraction of sp³-hybridized carbons (Fsp3) is 0.500. The molecule has 2 N–H and O–H groups in total. The Labute approximate surface area is 152 Å². The highest BCUT2D eigenvalue weighted by Crippen LogP contribution is 2.22. The van der Waals surface area contributed by atoms with E-state index in [0.29, 0.717) is 29.5 Å². The molecule has 142 valence electrons. The van der Waals surface area contributed by atoms with Crippen LogP contribution in [-0.2, 0) is 9.59 Å². The van der Waals surface area contributed by atoms with Gasteiger partial charge in [-0.3, -0.25) is 24.7 Å². The van der Waals surface area contributed by atoms with Crippen LogP contribution in [0.1, 0.15) is 37.0 Å². The number of nitrogens with zero attached hydrogens (tertiary/aromatic N) is 1. The van der Waals surface area contributed by atoms with Gasteiger partial charge in [0.25, 0.3) is 5.91 Å². The minimum atomic E-state index is -0.758. The maximum absolute atomic E-state index is 12.3. The number of carbonyl (C=O) groups is 3. The van der Waals surface area contributed by atoms with Crippen molar-refractivity contribution in [2.45, 2.75) is 32.7 Å². The van der Waals surface area contributed by atoms with Crippen molar-refractivity contribution < 1.29 is 23.9 Å². The summed E-state index contributed by atoms with van der Waals surface area (Å²) >= 11 is 0. The van der Waals surface area contributed by atoms with Gasteiger partial charge >= 0.3 is 0 Å². The molecule has 2 rings (SSSR count). The van der Waals surface area contributed by atoms with Crippen LogP contribution < -0.4 is 20.3 Å². The normalized spacial score (nSPS) is 17.0. The zero-order valence-electron chi connectivity index (χ0n) is 15.5. The summed E-state index contributed by atoms with van der Waals surface area (Å²) in [6.07, 6.45) is 0.777. The molecule has 8 heteroatoms. The van der Waals surface area contributed by atoms with Gasteiger partial charge in [-0.1, -0.05) is 13.8 Å². The summed E-state index contributed by atoms with van der Waals surface area (Å²) in [4.78, 5) is 37.9. The molecule has 1 aliphatic rings. The largest absolute Gasteiger partial charge is 0.497 e. The third-order valence-electron chi connectivity index (χ3n) is 4.15. The van der Waals surface area contributed by atoms with E-state index in [-0.39, 0.29) is 18.2 Å². The van der Waals surface area contributed by atoms with Gasteiger partial charge in [0.1, 0.15) is 17.5 Å². The third kappa shape index (κ3) is 4.72. The van der Waals surface area contributed by atoms with Gasteiger partial charge in [0.15, 0.2) is 0 Å². The van der Waals surface area contributed by atoms with Crippen LogP contribution in [0.25, 0.3) is 0 Å². The molecule has 1 aromatic rings. The van der Waals surface area contributed by atoms with Crippen molar-refractivity contribution in [1.82, 2.24) is 15.8 Å². The minimum absolute atomic E-state index is 0.0264.